The highest BCUT2D eigenvalue weighted by molar-refractivity contribution is 5.84. The van der Waals surface area contributed by atoms with E-state index in [0.717, 1.165) is 11.3 Å². The topological polar surface area (TPSA) is 122 Å². The number of benzene rings is 1. The lowest BCUT2D eigenvalue weighted by molar-refractivity contribution is -0.147. The number of hydrogen-bond donors (Lipinski definition) is 3. The Bertz CT molecular complexity index is 859. The van der Waals surface area contributed by atoms with E-state index in [1.54, 1.807) is 27.0 Å². The molecule has 0 radical (unpaired) electrons. The molecule has 2 heterocycles. The van der Waals surface area contributed by atoms with Gasteiger partial charge in [-0.3, -0.25) is 4.79 Å². The predicted octanol–water partition coefficient (Wildman–Crippen LogP) is 2.14. The van der Waals surface area contributed by atoms with Crippen LogP contribution in [0.15, 0.2) is 36.5 Å². The third-order valence-electron chi connectivity index (χ3n) is 5.01. The highest BCUT2D eigenvalue weighted by atomic mass is 16.6. The second-order valence-electron chi connectivity index (χ2n) is 8.53. The van der Waals surface area contributed by atoms with E-state index < -0.39 is 29.8 Å². The van der Waals surface area contributed by atoms with E-state index in [1.165, 1.54) is 4.90 Å². The Morgan fingerprint density at radius 3 is 2.66 bits per heavy atom. The Morgan fingerprint density at radius 2 is 2.03 bits per heavy atom. The van der Waals surface area contributed by atoms with Crippen molar-refractivity contribution in [2.24, 2.45) is 11.1 Å². The van der Waals surface area contributed by atoms with Gasteiger partial charge in [-0.25, -0.2) is 9.78 Å². The van der Waals surface area contributed by atoms with Crippen LogP contribution in [0.25, 0.3) is 0 Å². The molecule has 3 rings (SSSR count). The number of likely N-dealkylation sites (tertiary alicyclic amines) is 1. The maximum Gasteiger partial charge on any atom is 0.405 e. The lowest BCUT2D eigenvalue weighted by Crippen LogP contribution is -2.48. The minimum Gasteiger partial charge on any atom is -0.436 e. The van der Waals surface area contributed by atoms with E-state index in [-0.39, 0.29) is 12.5 Å². The fourth-order valence-corrected chi connectivity index (χ4v) is 3.63. The highest BCUT2D eigenvalue weighted by Gasteiger charge is 2.44. The van der Waals surface area contributed by atoms with Gasteiger partial charge in [-0.15, -0.1) is 0 Å². The number of rotatable bonds is 5. The second-order valence-corrected chi connectivity index (χ2v) is 8.53. The van der Waals surface area contributed by atoms with Crippen molar-refractivity contribution in [3.05, 3.63) is 53.6 Å². The number of amides is 2. The number of ether oxygens (including phenoxy) is 1. The fourth-order valence-electron chi connectivity index (χ4n) is 3.63. The molecule has 1 aliphatic rings. The Hall–Kier alpha value is -2.87. The van der Waals surface area contributed by atoms with Crippen molar-refractivity contribution in [2.45, 2.75) is 51.9 Å². The molecule has 0 spiro atoms. The van der Waals surface area contributed by atoms with Crippen molar-refractivity contribution in [3.63, 3.8) is 0 Å². The van der Waals surface area contributed by atoms with Crippen molar-refractivity contribution < 1.29 is 19.4 Å². The number of aromatic amines is 1. The summed E-state index contributed by atoms with van der Waals surface area (Å²) in [5.41, 5.74) is 6.59. The molecule has 1 aromatic heterocycles. The zero-order chi connectivity index (χ0) is 21.2. The number of nitrogens with one attached hydrogen (secondary N) is 1. The number of carbonyl (C=O) groups excluding carboxylic acids is 2. The molecule has 1 fully saturated rings. The van der Waals surface area contributed by atoms with Gasteiger partial charge >= 0.3 is 6.09 Å². The van der Waals surface area contributed by atoms with Crippen LogP contribution in [-0.4, -0.2) is 50.7 Å². The number of β-amino-alcohol motifs (C(OH)–C–C–N with tert-alkyl or cyclic N) is 1. The molecule has 29 heavy (non-hydrogen) atoms. The number of primary amides is 1. The molecule has 1 aliphatic heterocycles. The van der Waals surface area contributed by atoms with Gasteiger partial charge in [-0.05, 0) is 5.56 Å². The van der Waals surface area contributed by atoms with Crippen LogP contribution in [0.2, 0.25) is 0 Å². The largest absolute Gasteiger partial charge is 0.436 e. The van der Waals surface area contributed by atoms with Gasteiger partial charge in [-0.1, -0.05) is 51.1 Å². The standard InChI is InChI=1S/C21H28N4O4/c1-21(2,3)17(29-20(22)28)19(27)25-12-15(26)10-16(25)18-23-11-14(24-18)9-13-7-5-4-6-8-13/h4-8,11,15-17,26H,9-10,12H2,1-3H3,(H2,22,28)(H,23,24)/t15-,16+,17-/m1/s1. The minimum absolute atomic E-state index is 0.146. The smallest absolute Gasteiger partial charge is 0.405 e. The molecular weight excluding hydrogens is 372 g/mol. The average Bonchev–Trinajstić information content (AvgIpc) is 3.25. The SMILES string of the molecule is CC(C)(C)[C@H](OC(N)=O)C(=O)N1C[C@H](O)C[C@H]1c1ncc(Cc2ccccc2)[nH]1. The summed E-state index contributed by atoms with van der Waals surface area (Å²) in [7, 11) is 0. The summed E-state index contributed by atoms with van der Waals surface area (Å²) in [6.07, 6.45) is 0.0610. The van der Waals surface area contributed by atoms with Crippen LogP contribution in [0.3, 0.4) is 0 Å². The number of aromatic nitrogens is 2. The molecule has 0 aliphatic carbocycles. The van der Waals surface area contributed by atoms with Crippen molar-refractivity contribution in [3.8, 4) is 0 Å². The summed E-state index contributed by atoms with van der Waals surface area (Å²) in [6, 6.07) is 9.56. The van der Waals surface area contributed by atoms with Gasteiger partial charge in [0.25, 0.3) is 5.91 Å². The molecule has 0 bridgehead atoms. The maximum absolute atomic E-state index is 13.2. The molecule has 4 N–H and O–H groups in total. The number of nitrogens with two attached hydrogens (primary N) is 1. The van der Waals surface area contributed by atoms with Gasteiger partial charge in [-0.2, -0.15) is 0 Å². The number of carbonyl (C=O) groups is 2. The van der Waals surface area contributed by atoms with Crippen LogP contribution in [0.5, 0.6) is 0 Å². The van der Waals surface area contributed by atoms with Crippen molar-refractivity contribution in [1.82, 2.24) is 14.9 Å². The minimum atomic E-state index is -1.05. The Kier molecular flexibility index (Phi) is 5.93. The zero-order valence-corrected chi connectivity index (χ0v) is 17.0. The van der Waals surface area contributed by atoms with E-state index >= 15 is 0 Å². The summed E-state index contributed by atoms with van der Waals surface area (Å²) in [4.78, 5) is 33.8. The molecule has 0 unspecified atom stereocenters. The summed E-state index contributed by atoms with van der Waals surface area (Å²) >= 11 is 0. The molecule has 3 atom stereocenters. The summed E-state index contributed by atoms with van der Waals surface area (Å²) in [5, 5.41) is 10.2. The molecule has 8 heteroatoms. The van der Waals surface area contributed by atoms with Crippen LogP contribution in [0.4, 0.5) is 4.79 Å². The van der Waals surface area contributed by atoms with Crippen LogP contribution in [-0.2, 0) is 16.0 Å². The normalized spacial score (nSPS) is 20.5. The van der Waals surface area contributed by atoms with Gasteiger partial charge in [0.2, 0.25) is 0 Å². The number of aliphatic hydroxyl groups is 1. The van der Waals surface area contributed by atoms with Gasteiger partial charge < -0.3 is 25.5 Å². The van der Waals surface area contributed by atoms with E-state index in [9.17, 15) is 14.7 Å². The van der Waals surface area contributed by atoms with Gasteiger partial charge in [0, 0.05) is 36.7 Å². The van der Waals surface area contributed by atoms with E-state index in [1.807, 2.05) is 30.3 Å². The summed E-state index contributed by atoms with van der Waals surface area (Å²) < 4.78 is 5.13. The van der Waals surface area contributed by atoms with Gasteiger partial charge in [0.1, 0.15) is 5.82 Å². The highest BCUT2D eigenvalue weighted by Crippen LogP contribution is 2.34. The lowest BCUT2D eigenvalue weighted by atomic mass is 9.88. The Labute approximate surface area is 170 Å². The molecule has 156 valence electrons. The first kappa shape index (κ1) is 20.9. The van der Waals surface area contributed by atoms with Crippen molar-refractivity contribution in [2.75, 3.05) is 6.54 Å². The quantitative estimate of drug-likeness (QED) is 0.710. The second kappa shape index (κ2) is 8.24. The van der Waals surface area contributed by atoms with E-state index in [2.05, 4.69) is 9.97 Å². The Morgan fingerprint density at radius 1 is 1.34 bits per heavy atom. The first-order valence-electron chi connectivity index (χ1n) is 9.67. The first-order valence-corrected chi connectivity index (χ1v) is 9.67. The molecule has 1 saturated heterocycles. The fraction of sp³-hybridized carbons (Fsp3) is 0.476. The predicted molar refractivity (Wildman–Crippen MR) is 107 cm³/mol. The molecule has 1 aromatic carbocycles. The first-order chi connectivity index (χ1) is 13.6. The number of imidazole rings is 1. The summed E-state index contributed by atoms with van der Waals surface area (Å²) in [6.45, 7) is 5.54. The maximum atomic E-state index is 13.2. The molecule has 2 aromatic rings. The third-order valence-corrected chi connectivity index (χ3v) is 5.01. The number of H-pyrrole nitrogens is 1. The van der Waals surface area contributed by atoms with Crippen LogP contribution in [0.1, 0.15) is 50.3 Å². The Balaban J connectivity index is 1.81. The van der Waals surface area contributed by atoms with E-state index in [4.69, 9.17) is 10.5 Å². The monoisotopic (exact) mass is 400 g/mol. The molecule has 2 amide bonds. The average molecular weight is 400 g/mol. The molecule has 0 saturated carbocycles. The zero-order valence-electron chi connectivity index (χ0n) is 17.0. The van der Waals surface area contributed by atoms with Crippen molar-refractivity contribution in [1.29, 1.82) is 0 Å². The molecular formula is C21H28N4O4. The van der Waals surface area contributed by atoms with Crippen LogP contribution >= 0.6 is 0 Å². The third kappa shape index (κ3) is 4.95. The van der Waals surface area contributed by atoms with Gasteiger partial charge in [0.15, 0.2) is 6.10 Å². The lowest BCUT2D eigenvalue weighted by Gasteiger charge is -2.33. The number of nitrogens with zero attached hydrogens (tertiary/aromatic N) is 2. The van der Waals surface area contributed by atoms with Crippen LogP contribution in [0, 0.1) is 5.41 Å². The number of aliphatic hydroxyl groups excluding tert-OH is 1. The number of hydrogen-bond acceptors (Lipinski definition) is 5. The molecule has 8 nitrogen and oxygen atoms in total. The van der Waals surface area contributed by atoms with Crippen molar-refractivity contribution >= 4 is 12.0 Å². The van der Waals surface area contributed by atoms with Gasteiger partial charge in [0.05, 0.1) is 12.1 Å². The van der Waals surface area contributed by atoms with Crippen LogP contribution < -0.4 is 5.73 Å². The summed E-state index contributed by atoms with van der Waals surface area (Å²) in [5.74, 6) is 0.214. The van der Waals surface area contributed by atoms with E-state index in [0.29, 0.717) is 18.7 Å².